The van der Waals surface area contributed by atoms with Gasteiger partial charge in [0.15, 0.2) is 0 Å². The van der Waals surface area contributed by atoms with E-state index in [1.165, 1.54) is 0 Å². The lowest BCUT2D eigenvalue weighted by Gasteiger charge is -2.07. The summed E-state index contributed by atoms with van der Waals surface area (Å²) in [6.07, 6.45) is 0. The number of rotatable bonds is 5. The van der Waals surface area contributed by atoms with Crippen LogP contribution in [0.4, 0.5) is 0 Å². The van der Waals surface area contributed by atoms with Crippen molar-refractivity contribution in [3.05, 3.63) is 87.7 Å². The van der Waals surface area contributed by atoms with Crippen molar-refractivity contribution in [1.29, 1.82) is 0 Å². The predicted octanol–water partition coefficient (Wildman–Crippen LogP) is 4.13. The Morgan fingerprint density at radius 3 is 2.52 bits per heavy atom. The third-order valence-electron chi connectivity index (χ3n) is 4.00. The van der Waals surface area contributed by atoms with Crippen molar-refractivity contribution < 1.29 is 4.79 Å². The number of hydrogen-bond acceptors (Lipinski definition) is 2. The monoisotopic (exact) mass is 353 g/mol. The van der Waals surface area contributed by atoms with Crippen molar-refractivity contribution in [3.8, 4) is 0 Å². The molecule has 3 rings (SSSR count). The van der Waals surface area contributed by atoms with Gasteiger partial charge in [-0.2, -0.15) is 5.10 Å². The summed E-state index contributed by atoms with van der Waals surface area (Å²) < 4.78 is 1.66. The molecule has 0 aliphatic heterocycles. The summed E-state index contributed by atoms with van der Waals surface area (Å²) in [7, 11) is 0. The van der Waals surface area contributed by atoms with Crippen LogP contribution in [0, 0.1) is 13.8 Å². The van der Waals surface area contributed by atoms with E-state index in [0.29, 0.717) is 29.5 Å². The number of hydrogen-bond donors (Lipinski definition) is 1. The van der Waals surface area contributed by atoms with Gasteiger partial charge in [-0.3, -0.25) is 4.79 Å². The number of aryl methyl sites for hydroxylation is 2. The van der Waals surface area contributed by atoms with Gasteiger partial charge in [0.2, 0.25) is 0 Å². The molecule has 0 radical (unpaired) electrons. The van der Waals surface area contributed by atoms with Gasteiger partial charge < -0.3 is 5.32 Å². The minimum atomic E-state index is -0.205. The molecule has 0 saturated carbocycles. The van der Waals surface area contributed by atoms with Crippen LogP contribution >= 0.6 is 11.6 Å². The first-order chi connectivity index (χ1) is 12.0. The largest absolute Gasteiger partial charge is 0.348 e. The number of halogens is 1. The topological polar surface area (TPSA) is 46.9 Å². The van der Waals surface area contributed by atoms with E-state index < -0.39 is 0 Å². The van der Waals surface area contributed by atoms with Crippen molar-refractivity contribution in [3.63, 3.8) is 0 Å². The van der Waals surface area contributed by atoms with Crippen LogP contribution in [0.2, 0.25) is 5.15 Å². The Balaban J connectivity index is 1.74. The first-order valence-corrected chi connectivity index (χ1v) is 8.53. The maximum atomic E-state index is 12.6. The van der Waals surface area contributed by atoms with Crippen LogP contribution in [0.1, 0.15) is 32.7 Å². The maximum absolute atomic E-state index is 12.6. The summed E-state index contributed by atoms with van der Waals surface area (Å²) in [4.78, 5) is 12.6. The van der Waals surface area contributed by atoms with E-state index in [4.69, 9.17) is 11.6 Å². The van der Waals surface area contributed by atoms with E-state index in [2.05, 4.69) is 10.4 Å². The molecule has 0 unspecified atom stereocenters. The van der Waals surface area contributed by atoms with Gasteiger partial charge in [-0.25, -0.2) is 4.68 Å². The standard InChI is InChI=1S/C20H20ClN3O/c1-14-7-6-10-17(11-14)12-22-20(25)18-15(2)23-24(19(18)21)13-16-8-4-3-5-9-16/h3-11H,12-13H2,1-2H3,(H,22,25). The molecule has 0 bridgehead atoms. The van der Waals surface area contributed by atoms with Gasteiger partial charge in [-0.15, -0.1) is 0 Å². The molecule has 128 valence electrons. The van der Waals surface area contributed by atoms with Crippen molar-refractivity contribution in [1.82, 2.24) is 15.1 Å². The minimum absolute atomic E-state index is 0.205. The van der Waals surface area contributed by atoms with Gasteiger partial charge in [0.05, 0.1) is 17.8 Å². The van der Waals surface area contributed by atoms with Crippen LogP contribution in [-0.4, -0.2) is 15.7 Å². The molecule has 0 aliphatic rings. The van der Waals surface area contributed by atoms with E-state index in [1.807, 2.05) is 61.5 Å². The van der Waals surface area contributed by atoms with Crippen LogP contribution in [0.15, 0.2) is 54.6 Å². The summed E-state index contributed by atoms with van der Waals surface area (Å²) >= 11 is 6.42. The smallest absolute Gasteiger partial charge is 0.256 e. The lowest BCUT2D eigenvalue weighted by molar-refractivity contribution is 0.0950. The SMILES string of the molecule is Cc1cccc(CNC(=O)c2c(C)nn(Cc3ccccc3)c2Cl)c1. The Morgan fingerprint density at radius 1 is 1.08 bits per heavy atom. The normalized spacial score (nSPS) is 10.7. The Kier molecular flexibility index (Phi) is 5.19. The van der Waals surface area contributed by atoms with E-state index in [1.54, 1.807) is 11.6 Å². The number of nitrogens with one attached hydrogen (secondary N) is 1. The molecule has 1 amide bonds. The zero-order valence-corrected chi connectivity index (χ0v) is 15.0. The average Bonchev–Trinajstić information content (AvgIpc) is 2.87. The third kappa shape index (κ3) is 4.09. The molecule has 25 heavy (non-hydrogen) atoms. The van der Waals surface area contributed by atoms with Crippen LogP contribution in [0.5, 0.6) is 0 Å². The highest BCUT2D eigenvalue weighted by molar-refractivity contribution is 6.33. The fraction of sp³-hybridized carbons (Fsp3) is 0.200. The second kappa shape index (κ2) is 7.53. The number of carbonyl (C=O) groups is 1. The molecule has 5 heteroatoms. The lowest BCUT2D eigenvalue weighted by atomic mass is 10.1. The van der Waals surface area contributed by atoms with Crippen molar-refractivity contribution >= 4 is 17.5 Å². The number of benzene rings is 2. The van der Waals surface area contributed by atoms with Gasteiger partial charge in [0.25, 0.3) is 5.91 Å². The van der Waals surface area contributed by atoms with E-state index in [0.717, 1.165) is 16.7 Å². The molecule has 0 saturated heterocycles. The lowest BCUT2D eigenvalue weighted by Crippen LogP contribution is -2.23. The van der Waals surface area contributed by atoms with Crippen molar-refractivity contribution in [2.24, 2.45) is 0 Å². The highest BCUT2D eigenvalue weighted by atomic mass is 35.5. The molecular weight excluding hydrogens is 334 g/mol. The molecule has 2 aromatic carbocycles. The van der Waals surface area contributed by atoms with Crippen LogP contribution in [0.3, 0.4) is 0 Å². The molecule has 1 heterocycles. The van der Waals surface area contributed by atoms with Gasteiger partial charge in [0.1, 0.15) is 5.15 Å². The number of nitrogens with zero attached hydrogens (tertiary/aromatic N) is 2. The molecule has 3 aromatic rings. The molecule has 1 N–H and O–H groups in total. The predicted molar refractivity (Wildman–Crippen MR) is 99.9 cm³/mol. The summed E-state index contributed by atoms with van der Waals surface area (Å²) in [5, 5.41) is 7.71. The van der Waals surface area contributed by atoms with E-state index in [-0.39, 0.29) is 5.91 Å². The van der Waals surface area contributed by atoms with Crippen molar-refractivity contribution in [2.45, 2.75) is 26.9 Å². The summed E-state index contributed by atoms with van der Waals surface area (Å²) in [5.74, 6) is -0.205. The van der Waals surface area contributed by atoms with E-state index >= 15 is 0 Å². The first kappa shape index (κ1) is 17.2. The summed E-state index contributed by atoms with van der Waals surface area (Å²) in [6, 6.07) is 17.9. The summed E-state index contributed by atoms with van der Waals surface area (Å²) in [5.41, 5.74) is 4.36. The summed E-state index contributed by atoms with van der Waals surface area (Å²) in [6.45, 7) is 4.82. The fourth-order valence-electron chi connectivity index (χ4n) is 2.77. The van der Waals surface area contributed by atoms with Gasteiger partial charge >= 0.3 is 0 Å². The van der Waals surface area contributed by atoms with Gasteiger partial charge in [0, 0.05) is 6.54 Å². The zero-order valence-electron chi connectivity index (χ0n) is 14.3. The van der Waals surface area contributed by atoms with Crippen LogP contribution in [-0.2, 0) is 13.1 Å². The third-order valence-corrected chi connectivity index (χ3v) is 4.39. The second-order valence-electron chi connectivity index (χ2n) is 6.07. The minimum Gasteiger partial charge on any atom is -0.348 e. The molecule has 0 fully saturated rings. The highest BCUT2D eigenvalue weighted by Crippen LogP contribution is 2.21. The Hall–Kier alpha value is -2.59. The Labute approximate surface area is 152 Å². The molecular formula is C20H20ClN3O. The van der Waals surface area contributed by atoms with Gasteiger partial charge in [-0.1, -0.05) is 71.8 Å². The maximum Gasteiger partial charge on any atom is 0.256 e. The van der Waals surface area contributed by atoms with E-state index in [9.17, 15) is 4.79 Å². The fourth-order valence-corrected chi connectivity index (χ4v) is 3.09. The van der Waals surface area contributed by atoms with Crippen LogP contribution in [0.25, 0.3) is 0 Å². The molecule has 0 aliphatic carbocycles. The Bertz CT molecular complexity index is 887. The quantitative estimate of drug-likeness (QED) is 0.749. The zero-order chi connectivity index (χ0) is 17.8. The van der Waals surface area contributed by atoms with Crippen LogP contribution < -0.4 is 5.32 Å². The number of carbonyl (C=O) groups excluding carboxylic acids is 1. The average molecular weight is 354 g/mol. The molecule has 4 nitrogen and oxygen atoms in total. The second-order valence-corrected chi connectivity index (χ2v) is 6.42. The Morgan fingerprint density at radius 2 is 1.80 bits per heavy atom. The molecule has 0 atom stereocenters. The first-order valence-electron chi connectivity index (χ1n) is 8.15. The number of amides is 1. The highest BCUT2D eigenvalue weighted by Gasteiger charge is 2.20. The van der Waals surface area contributed by atoms with Gasteiger partial charge in [-0.05, 0) is 25.0 Å². The molecule has 1 aromatic heterocycles. The van der Waals surface area contributed by atoms with Crippen molar-refractivity contribution in [2.75, 3.05) is 0 Å². The molecule has 0 spiro atoms. The number of aromatic nitrogens is 2.